The number of hydrogen-bond donors (Lipinski definition) is 3. The van der Waals surface area contributed by atoms with Gasteiger partial charge in [-0.15, -0.1) is 0 Å². The van der Waals surface area contributed by atoms with Crippen LogP contribution in [-0.2, 0) is 15.4 Å². The fourth-order valence-electron chi connectivity index (χ4n) is 4.85. The highest BCUT2D eigenvalue weighted by Gasteiger charge is 2.36. The second-order valence-electron chi connectivity index (χ2n) is 9.16. The third kappa shape index (κ3) is 3.75. The minimum atomic E-state index is -3.25. The Bertz CT molecular complexity index is 1650. The Labute approximate surface area is 202 Å². The quantitative estimate of drug-likeness (QED) is 0.354. The number of rotatable bonds is 4. The second-order valence-corrected chi connectivity index (χ2v) is 11.2. The van der Waals surface area contributed by atoms with E-state index in [2.05, 4.69) is 24.8 Å². The number of nitrogens with zero attached hydrogens (tertiary/aromatic N) is 4. The van der Waals surface area contributed by atoms with Gasteiger partial charge in [0.05, 0.1) is 26.9 Å². The maximum atomic E-state index is 11.8. The lowest BCUT2D eigenvalue weighted by Crippen LogP contribution is -2.49. The second kappa shape index (κ2) is 7.89. The number of hydrogen-bond acceptors (Lipinski definition) is 7. The van der Waals surface area contributed by atoms with Gasteiger partial charge in [-0.05, 0) is 42.7 Å². The highest BCUT2D eigenvalue weighted by molar-refractivity contribution is 7.90. The van der Waals surface area contributed by atoms with Crippen LogP contribution in [0.3, 0.4) is 0 Å². The normalized spacial score (nSPS) is 16.2. The maximum absolute atomic E-state index is 11.8. The van der Waals surface area contributed by atoms with Crippen LogP contribution in [0.1, 0.15) is 18.7 Å². The zero-order chi connectivity index (χ0) is 24.2. The fraction of sp³-hybridized carbons (Fsp3) is 0.240. The molecule has 0 amide bonds. The lowest BCUT2D eigenvalue weighted by molar-refractivity contribution is 0.327. The molecule has 5 aromatic rings. The van der Waals surface area contributed by atoms with Gasteiger partial charge < -0.3 is 20.6 Å². The Kier molecular flexibility index (Phi) is 4.90. The molecule has 1 aliphatic heterocycles. The topological polar surface area (TPSA) is 134 Å². The number of para-hydroxylation sites is 1. The molecule has 10 heteroatoms. The summed E-state index contributed by atoms with van der Waals surface area (Å²) in [6.07, 6.45) is 6.12. The van der Waals surface area contributed by atoms with Crippen LogP contribution in [0.4, 0.5) is 5.82 Å². The van der Waals surface area contributed by atoms with Crippen molar-refractivity contribution in [2.75, 3.05) is 24.2 Å². The van der Waals surface area contributed by atoms with E-state index in [0.717, 1.165) is 70.8 Å². The minimum Gasteiger partial charge on any atom is -0.356 e. The number of H-pyrrole nitrogens is 2. The van der Waals surface area contributed by atoms with E-state index in [1.54, 1.807) is 18.5 Å². The first-order valence-electron chi connectivity index (χ1n) is 11.4. The van der Waals surface area contributed by atoms with Crippen molar-refractivity contribution in [2.24, 2.45) is 5.73 Å². The summed E-state index contributed by atoms with van der Waals surface area (Å²) in [5.74, 6) is 1.68. The van der Waals surface area contributed by atoms with E-state index in [4.69, 9.17) is 10.7 Å². The van der Waals surface area contributed by atoms with Crippen LogP contribution in [0.15, 0.2) is 66.0 Å². The summed E-state index contributed by atoms with van der Waals surface area (Å²) >= 11 is 0. The summed E-state index contributed by atoms with van der Waals surface area (Å²) in [6.45, 7) is 1.51. The number of anilines is 1. The van der Waals surface area contributed by atoms with Crippen LogP contribution in [0, 0.1) is 0 Å². The minimum absolute atomic E-state index is 0.296. The van der Waals surface area contributed by atoms with E-state index in [1.807, 2.05) is 42.6 Å². The van der Waals surface area contributed by atoms with Gasteiger partial charge in [0, 0.05) is 31.1 Å². The highest BCUT2D eigenvalue weighted by Crippen LogP contribution is 2.35. The van der Waals surface area contributed by atoms with E-state index < -0.39 is 15.4 Å². The molecule has 4 heterocycles. The third-order valence-electron chi connectivity index (χ3n) is 6.87. The van der Waals surface area contributed by atoms with Crippen LogP contribution in [0.2, 0.25) is 0 Å². The number of fused-ring (bicyclic) bond motifs is 2. The Hall–Kier alpha value is -3.76. The number of piperidine rings is 1. The number of aromatic nitrogens is 5. The molecule has 1 aliphatic rings. The van der Waals surface area contributed by atoms with Gasteiger partial charge in [0.2, 0.25) is 0 Å². The molecule has 3 aromatic heterocycles. The van der Waals surface area contributed by atoms with E-state index in [0.29, 0.717) is 4.90 Å². The molecule has 0 unspecified atom stereocenters. The van der Waals surface area contributed by atoms with Crippen molar-refractivity contribution in [1.29, 1.82) is 0 Å². The summed E-state index contributed by atoms with van der Waals surface area (Å²) in [5, 5.41) is 1.01. The average molecular weight is 488 g/mol. The fourth-order valence-corrected chi connectivity index (χ4v) is 5.48. The summed E-state index contributed by atoms with van der Waals surface area (Å²) in [5.41, 5.74) is 10.7. The lowest BCUT2D eigenvalue weighted by Gasteiger charge is -2.38. The molecule has 1 fully saturated rings. The van der Waals surface area contributed by atoms with Crippen molar-refractivity contribution in [1.82, 2.24) is 24.9 Å². The molecule has 0 aliphatic carbocycles. The van der Waals surface area contributed by atoms with Gasteiger partial charge >= 0.3 is 0 Å². The van der Waals surface area contributed by atoms with E-state index in [1.165, 1.54) is 6.26 Å². The molecule has 1 saturated heterocycles. The Balaban J connectivity index is 1.29. The molecule has 2 aromatic carbocycles. The van der Waals surface area contributed by atoms with Crippen LogP contribution in [0.25, 0.3) is 33.2 Å². The lowest BCUT2D eigenvalue weighted by atomic mass is 9.88. The van der Waals surface area contributed by atoms with Crippen LogP contribution in [0.5, 0.6) is 0 Å². The number of nitrogens with two attached hydrogens (primary N) is 1. The van der Waals surface area contributed by atoms with Gasteiger partial charge in [-0.25, -0.2) is 23.4 Å². The summed E-state index contributed by atoms with van der Waals surface area (Å²) < 4.78 is 23.7. The Morgan fingerprint density at radius 1 is 1.03 bits per heavy atom. The molecular formula is C25H25N7O2S. The summed E-state index contributed by atoms with van der Waals surface area (Å²) in [6, 6.07) is 14.8. The standard InChI is InChI=1S/C25H25N7O2S/c1-35(33,34)17-7-5-16(6-8-17)18-3-2-4-20-21(18)31-24(30-20)25(26)10-13-32(14-11-25)23-19-9-12-27-22(19)28-15-29-23/h2-9,12,15H,10-11,13-14,26H2,1H3,(H,30,31)(H,27,28,29). The summed E-state index contributed by atoms with van der Waals surface area (Å²) in [4.78, 5) is 22.9. The highest BCUT2D eigenvalue weighted by atomic mass is 32.2. The molecule has 0 spiro atoms. The molecule has 0 bridgehead atoms. The van der Waals surface area contributed by atoms with Gasteiger partial charge in [0.1, 0.15) is 23.6 Å². The Morgan fingerprint density at radius 2 is 1.80 bits per heavy atom. The number of aromatic amines is 2. The predicted molar refractivity (Wildman–Crippen MR) is 136 cm³/mol. The van der Waals surface area contributed by atoms with Crippen LogP contribution < -0.4 is 10.6 Å². The molecule has 6 rings (SSSR count). The molecule has 0 saturated carbocycles. The molecule has 9 nitrogen and oxygen atoms in total. The first-order chi connectivity index (χ1) is 16.8. The number of sulfone groups is 1. The SMILES string of the molecule is CS(=O)(=O)c1ccc(-c2cccc3[nH]c(C4(N)CCN(c5ncnc6[nH]ccc56)CC4)nc23)cc1. The van der Waals surface area contributed by atoms with Gasteiger partial charge in [0.25, 0.3) is 0 Å². The zero-order valence-corrected chi connectivity index (χ0v) is 20.0. The van der Waals surface area contributed by atoms with E-state index >= 15 is 0 Å². The van der Waals surface area contributed by atoms with Crippen molar-refractivity contribution >= 4 is 37.7 Å². The molecule has 0 atom stereocenters. The smallest absolute Gasteiger partial charge is 0.175 e. The van der Waals surface area contributed by atoms with Crippen molar-refractivity contribution in [2.45, 2.75) is 23.3 Å². The molecule has 178 valence electrons. The average Bonchev–Trinajstić information content (AvgIpc) is 3.51. The molecular weight excluding hydrogens is 462 g/mol. The molecule has 0 radical (unpaired) electrons. The zero-order valence-electron chi connectivity index (χ0n) is 19.2. The van der Waals surface area contributed by atoms with Gasteiger partial charge in [-0.3, -0.25) is 0 Å². The first-order valence-corrected chi connectivity index (χ1v) is 13.3. The molecule has 35 heavy (non-hydrogen) atoms. The number of imidazole rings is 1. The maximum Gasteiger partial charge on any atom is 0.175 e. The number of benzene rings is 2. The van der Waals surface area contributed by atoms with Gasteiger partial charge in [-0.1, -0.05) is 24.3 Å². The van der Waals surface area contributed by atoms with Crippen molar-refractivity contribution in [3.8, 4) is 11.1 Å². The van der Waals surface area contributed by atoms with Crippen molar-refractivity contribution < 1.29 is 8.42 Å². The largest absolute Gasteiger partial charge is 0.356 e. The first kappa shape index (κ1) is 21.8. The third-order valence-corrected chi connectivity index (χ3v) is 7.99. The van der Waals surface area contributed by atoms with E-state index in [9.17, 15) is 8.42 Å². The predicted octanol–water partition coefficient (Wildman–Crippen LogP) is 3.36. The molecule has 4 N–H and O–H groups in total. The Morgan fingerprint density at radius 3 is 2.54 bits per heavy atom. The summed E-state index contributed by atoms with van der Waals surface area (Å²) in [7, 11) is -3.25. The van der Waals surface area contributed by atoms with Crippen LogP contribution in [-0.4, -0.2) is 52.7 Å². The van der Waals surface area contributed by atoms with E-state index in [-0.39, 0.29) is 0 Å². The monoisotopic (exact) mass is 487 g/mol. The van der Waals surface area contributed by atoms with Gasteiger partial charge in [0.15, 0.2) is 9.84 Å². The van der Waals surface area contributed by atoms with Crippen LogP contribution >= 0.6 is 0 Å². The number of nitrogens with one attached hydrogen (secondary N) is 2. The van der Waals surface area contributed by atoms with Crippen molar-refractivity contribution in [3.05, 3.63) is 66.9 Å². The van der Waals surface area contributed by atoms with Crippen molar-refractivity contribution in [3.63, 3.8) is 0 Å². The van der Waals surface area contributed by atoms with Gasteiger partial charge in [-0.2, -0.15) is 0 Å².